The molecule has 4 rings (SSSR count). The minimum Gasteiger partial charge on any atom is -0.445 e. The summed E-state index contributed by atoms with van der Waals surface area (Å²) in [6.45, 7) is 1.61. The van der Waals surface area contributed by atoms with E-state index in [4.69, 9.17) is 16.3 Å². The summed E-state index contributed by atoms with van der Waals surface area (Å²) in [6, 6.07) is 12.5. The Morgan fingerprint density at radius 3 is 2.96 bits per heavy atom. The Bertz CT molecular complexity index is 1020. The number of hydrogen-bond donors (Lipinski definition) is 1. The molecule has 0 saturated carbocycles. The second kappa shape index (κ2) is 5.82. The fourth-order valence-corrected chi connectivity index (χ4v) is 3.98. The van der Waals surface area contributed by atoms with E-state index in [0.717, 1.165) is 15.8 Å². The van der Waals surface area contributed by atoms with Gasteiger partial charge in [0, 0.05) is 11.4 Å². The highest BCUT2D eigenvalue weighted by Crippen LogP contribution is 2.32. The lowest BCUT2D eigenvalue weighted by atomic mass is 9.89. The van der Waals surface area contributed by atoms with Gasteiger partial charge in [-0.25, -0.2) is 9.78 Å². The lowest BCUT2D eigenvalue weighted by molar-refractivity contribution is -0.134. The molecule has 0 fully saturated rings. The zero-order chi connectivity index (χ0) is 17.6. The van der Waals surface area contributed by atoms with Crippen molar-refractivity contribution >= 4 is 50.2 Å². The minimum absolute atomic E-state index is 0.317. The molecule has 2 heterocycles. The van der Waals surface area contributed by atoms with E-state index in [0.29, 0.717) is 22.1 Å². The number of amides is 1. The first-order chi connectivity index (χ1) is 11.9. The van der Waals surface area contributed by atoms with Gasteiger partial charge in [-0.15, -0.1) is 0 Å². The predicted molar refractivity (Wildman–Crippen MR) is 97.2 cm³/mol. The van der Waals surface area contributed by atoms with Crippen molar-refractivity contribution in [2.75, 3.05) is 5.32 Å². The van der Waals surface area contributed by atoms with E-state index in [1.165, 1.54) is 11.3 Å². The van der Waals surface area contributed by atoms with Crippen LogP contribution in [-0.4, -0.2) is 22.5 Å². The largest absolute Gasteiger partial charge is 0.445 e. The SMILES string of the molecule is CC1(C(=O)Nc2nc3ccc(Cl)cc3s2)Cc2ccccc2C(=O)O1. The highest BCUT2D eigenvalue weighted by Gasteiger charge is 2.42. The van der Waals surface area contributed by atoms with Gasteiger partial charge in [-0.05, 0) is 36.8 Å². The van der Waals surface area contributed by atoms with E-state index in [-0.39, 0.29) is 0 Å². The Labute approximate surface area is 152 Å². The zero-order valence-electron chi connectivity index (χ0n) is 13.2. The van der Waals surface area contributed by atoms with E-state index in [1.54, 1.807) is 37.3 Å². The van der Waals surface area contributed by atoms with Gasteiger partial charge in [0.25, 0.3) is 5.91 Å². The summed E-state index contributed by atoms with van der Waals surface area (Å²) in [5.74, 6) is -0.893. The number of fused-ring (bicyclic) bond motifs is 2. The van der Waals surface area contributed by atoms with E-state index in [9.17, 15) is 9.59 Å². The topological polar surface area (TPSA) is 68.3 Å². The summed E-state index contributed by atoms with van der Waals surface area (Å²) in [6.07, 6.45) is 0.317. The third kappa shape index (κ3) is 2.88. The number of anilines is 1. The van der Waals surface area contributed by atoms with Gasteiger partial charge in [-0.2, -0.15) is 0 Å². The number of cyclic esters (lactones) is 1. The first-order valence-electron chi connectivity index (χ1n) is 7.63. The van der Waals surface area contributed by atoms with Crippen molar-refractivity contribution in [2.24, 2.45) is 0 Å². The molecule has 1 unspecified atom stereocenters. The van der Waals surface area contributed by atoms with Crippen molar-refractivity contribution in [1.82, 2.24) is 4.98 Å². The highest BCUT2D eigenvalue weighted by molar-refractivity contribution is 7.22. The van der Waals surface area contributed by atoms with Gasteiger partial charge in [-0.1, -0.05) is 41.1 Å². The smallest absolute Gasteiger partial charge is 0.339 e. The van der Waals surface area contributed by atoms with Gasteiger partial charge in [0.2, 0.25) is 0 Å². The fraction of sp³-hybridized carbons (Fsp3) is 0.167. The lowest BCUT2D eigenvalue weighted by Gasteiger charge is -2.32. The van der Waals surface area contributed by atoms with Gasteiger partial charge >= 0.3 is 5.97 Å². The maximum atomic E-state index is 12.7. The number of carbonyl (C=O) groups is 2. The van der Waals surface area contributed by atoms with E-state index in [2.05, 4.69) is 10.3 Å². The van der Waals surface area contributed by atoms with Crippen LogP contribution in [0.15, 0.2) is 42.5 Å². The standard InChI is InChI=1S/C18H13ClN2O3S/c1-18(9-10-4-2-3-5-12(10)15(22)24-18)16(23)21-17-20-13-7-6-11(19)8-14(13)25-17/h2-8H,9H2,1H3,(H,20,21,23). The van der Waals surface area contributed by atoms with Crippen LogP contribution in [0.1, 0.15) is 22.8 Å². The number of hydrogen-bond acceptors (Lipinski definition) is 5. The van der Waals surface area contributed by atoms with Crippen LogP contribution in [0.4, 0.5) is 5.13 Å². The average Bonchev–Trinajstić information content (AvgIpc) is 2.96. The molecular formula is C18H13ClN2O3S. The van der Waals surface area contributed by atoms with Crippen molar-refractivity contribution in [3.63, 3.8) is 0 Å². The lowest BCUT2D eigenvalue weighted by Crippen LogP contribution is -2.48. The predicted octanol–water partition coefficient (Wildman–Crippen LogP) is 4.06. The summed E-state index contributed by atoms with van der Waals surface area (Å²) in [5, 5.41) is 3.81. The average molecular weight is 373 g/mol. The summed E-state index contributed by atoms with van der Waals surface area (Å²) >= 11 is 7.30. The van der Waals surface area contributed by atoms with Crippen LogP contribution >= 0.6 is 22.9 Å². The second-order valence-electron chi connectivity index (χ2n) is 6.04. The molecular weight excluding hydrogens is 360 g/mol. The Morgan fingerprint density at radius 1 is 1.32 bits per heavy atom. The molecule has 0 aliphatic carbocycles. The molecule has 1 aliphatic heterocycles. The third-order valence-electron chi connectivity index (χ3n) is 4.13. The first kappa shape index (κ1) is 16.1. The fourth-order valence-electron chi connectivity index (χ4n) is 2.84. The molecule has 2 aromatic carbocycles. The van der Waals surface area contributed by atoms with E-state index >= 15 is 0 Å². The number of esters is 1. The number of carbonyl (C=O) groups excluding carboxylic acids is 2. The van der Waals surface area contributed by atoms with Gasteiger partial charge in [0.1, 0.15) is 0 Å². The van der Waals surface area contributed by atoms with Crippen LogP contribution < -0.4 is 5.32 Å². The van der Waals surface area contributed by atoms with Crippen LogP contribution in [0.3, 0.4) is 0 Å². The quantitative estimate of drug-likeness (QED) is 0.689. The maximum absolute atomic E-state index is 12.7. The van der Waals surface area contributed by atoms with Crippen LogP contribution in [0.2, 0.25) is 5.02 Å². The molecule has 126 valence electrons. The molecule has 1 atom stereocenters. The van der Waals surface area contributed by atoms with Crippen LogP contribution in [0.5, 0.6) is 0 Å². The molecule has 1 amide bonds. The number of nitrogens with zero attached hydrogens (tertiary/aromatic N) is 1. The number of ether oxygens (including phenoxy) is 1. The number of aromatic nitrogens is 1. The van der Waals surface area contributed by atoms with Crippen LogP contribution in [-0.2, 0) is 16.0 Å². The molecule has 0 bridgehead atoms. The molecule has 5 nitrogen and oxygen atoms in total. The summed E-state index contributed by atoms with van der Waals surface area (Å²) < 4.78 is 6.31. The minimum atomic E-state index is -1.28. The van der Waals surface area contributed by atoms with Crippen molar-refractivity contribution in [3.05, 3.63) is 58.6 Å². The summed E-state index contributed by atoms with van der Waals surface area (Å²) in [5.41, 5.74) is 0.775. The number of rotatable bonds is 2. The molecule has 0 saturated heterocycles. The van der Waals surface area contributed by atoms with Crippen LogP contribution in [0.25, 0.3) is 10.2 Å². The maximum Gasteiger partial charge on any atom is 0.339 e. The van der Waals surface area contributed by atoms with Gasteiger partial charge in [0.15, 0.2) is 10.7 Å². The first-order valence-corrected chi connectivity index (χ1v) is 8.83. The molecule has 1 aromatic heterocycles. The van der Waals surface area contributed by atoms with Crippen molar-refractivity contribution < 1.29 is 14.3 Å². The number of thiazole rings is 1. The number of halogens is 1. The highest BCUT2D eigenvalue weighted by atomic mass is 35.5. The second-order valence-corrected chi connectivity index (χ2v) is 7.51. The van der Waals surface area contributed by atoms with Gasteiger partial charge < -0.3 is 4.74 Å². The molecule has 0 radical (unpaired) electrons. The number of nitrogens with one attached hydrogen (secondary N) is 1. The van der Waals surface area contributed by atoms with E-state index in [1.807, 2.05) is 12.1 Å². The Balaban J connectivity index is 1.60. The third-order valence-corrected chi connectivity index (χ3v) is 5.30. The molecule has 25 heavy (non-hydrogen) atoms. The van der Waals surface area contributed by atoms with E-state index < -0.39 is 17.5 Å². The monoisotopic (exact) mass is 372 g/mol. The Morgan fingerprint density at radius 2 is 2.12 bits per heavy atom. The Hall–Kier alpha value is -2.44. The van der Waals surface area contributed by atoms with Gasteiger partial charge in [0.05, 0.1) is 15.8 Å². The number of benzene rings is 2. The normalized spacial score (nSPS) is 19.4. The molecule has 0 spiro atoms. The van der Waals surface area contributed by atoms with Crippen molar-refractivity contribution in [1.29, 1.82) is 0 Å². The Kier molecular flexibility index (Phi) is 3.74. The zero-order valence-corrected chi connectivity index (χ0v) is 14.8. The molecule has 1 aliphatic rings. The van der Waals surface area contributed by atoms with Crippen LogP contribution in [0, 0.1) is 0 Å². The summed E-state index contributed by atoms with van der Waals surface area (Å²) in [7, 11) is 0. The molecule has 1 N–H and O–H groups in total. The van der Waals surface area contributed by atoms with Crippen molar-refractivity contribution in [3.8, 4) is 0 Å². The van der Waals surface area contributed by atoms with Gasteiger partial charge in [-0.3, -0.25) is 10.1 Å². The molecule has 7 heteroatoms. The summed E-state index contributed by atoms with van der Waals surface area (Å²) in [4.78, 5) is 29.3. The molecule has 3 aromatic rings. The van der Waals surface area contributed by atoms with Crippen molar-refractivity contribution in [2.45, 2.75) is 18.9 Å².